The monoisotopic (exact) mass is 485 g/mol. The molecule has 1 amide bonds. The molecule has 0 saturated carbocycles. The molecule has 0 spiro atoms. The molecule has 2 heterocycles. The Bertz CT molecular complexity index is 1300. The van der Waals surface area contributed by atoms with Crippen molar-refractivity contribution in [3.63, 3.8) is 0 Å². The summed E-state index contributed by atoms with van der Waals surface area (Å²) >= 11 is 11.9. The zero-order chi connectivity index (χ0) is 23.4. The summed E-state index contributed by atoms with van der Waals surface area (Å²) in [5.41, 5.74) is 10.3. The fourth-order valence-electron chi connectivity index (χ4n) is 2.94. The van der Waals surface area contributed by atoms with Gasteiger partial charge >= 0.3 is 0 Å². The van der Waals surface area contributed by atoms with Crippen molar-refractivity contribution in [3.05, 3.63) is 75.5 Å². The van der Waals surface area contributed by atoms with E-state index in [2.05, 4.69) is 35.8 Å². The van der Waals surface area contributed by atoms with E-state index in [1.165, 1.54) is 10.9 Å². The highest BCUT2D eigenvalue weighted by atomic mass is 35.5. The first-order valence-electron chi connectivity index (χ1n) is 9.51. The molecule has 2 aromatic carbocycles. The summed E-state index contributed by atoms with van der Waals surface area (Å²) in [5, 5.41) is 20.1. The second kappa shape index (κ2) is 9.67. The molecule has 4 aromatic rings. The molecule has 168 valence electrons. The molecule has 33 heavy (non-hydrogen) atoms. The Morgan fingerprint density at radius 2 is 2.00 bits per heavy atom. The van der Waals surface area contributed by atoms with Crippen molar-refractivity contribution in [1.82, 2.24) is 30.7 Å². The number of para-hydroxylation sites is 1. The van der Waals surface area contributed by atoms with Gasteiger partial charge in [-0.1, -0.05) is 52.7 Å². The first kappa shape index (κ1) is 22.2. The van der Waals surface area contributed by atoms with Crippen LogP contribution in [0.5, 0.6) is 0 Å². The summed E-state index contributed by atoms with van der Waals surface area (Å²) in [6, 6.07) is 14.6. The number of nitrogen functional groups attached to an aromatic ring is 1. The van der Waals surface area contributed by atoms with Crippen LogP contribution in [-0.2, 0) is 6.54 Å². The normalized spacial score (nSPS) is 11.1. The minimum absolute atomic E-state index is 0.00751. The van der Waals surface area contributed by atoms with Gasteiger partial charge in [-0.2, -0.15) is 9.78 Å². The van der Waals surface area contributed by atoms with Gasteiger partial charge < -0.3 is 10.6 Å². The van der Waals surface area contributed by atoms with Gasteiger partial charge in [-0.05, 0) is 40.1 Å². The molecule has 4 rings (SSSR count). The number of amides is 1. The third kappa shape index (κ3) is 4.94. The molecule has 0 bridgehead atoms. The standard InChI is InChI=1S/C20H17Cl2N9O2/c1-30(13-5-3-2-4-6-13)11-16-17(25-29-31(16)19-18(23)27-33-28-19)20(32)26-24-10-12-7-8-14(21)15(22)9-12/h2-10H,11H2,1H3,(H2,23,27)(H,26,32). The largest absolute Gasteiger partial charge is 0.378 e. The van der Waals surface area contributed by atoms with Gasteiger partial charge in [0.2, 0.25) is 11.6 Å². The topological polar surface area (TPSA) is 140 Å². The third-order valence-corrected chi connectivity index (χ3v) is 5.32. The summed E-state index contributed by atoms with van der Waals surface area (Å²) in [4.78, 5) is 14.8. The van der Waals surface area contributed by atoms with Crippen molar-refractivity contribution >= 4 is 46.8 Å². The number of benzene rings is 2. The second-order valence-corrected chi connectivity index (χ2v) is 7.65. The van der Waals surface area contributed by atoms with Gasteiger partial charge in [-0.15, -0.1) is 5.10 Å². The van der Waals surface area contributed by atoms with Gasteiger partial charge in [-0.25, -0.2) is 10.1 Å². The van der Waals surface area contributed by atoms with Gasteiger partial charge in [0, 0.05) is 12.7 Å². The van der Waals surface area contributed by atoms with E-state index in [-0.39, 0.29) is 23.9 Å². The van der Waals surface area contributed by atoms with Crippen molar-refractivity contribution in [3.8, 4) is 5.82 Å². The summed E-state index contributed by atoms with van der Waals surface area (Å²) in [6.07, 6.45) is 1.43. The van der Waals surface area contributed by atoms with Crippen molar-refractivity contribution in [1.29, 1.82) is 0 Å². The number of hydrogen-bond donors (Lipinski definition) is 2. The molecular formula is C20H17Cl2N9O2. The molecule has 11 nitrogen and oxygen atoms in total. The zero-order valence-corrected chi connectivity index (χ0v) is 18.7. The number of nitrogens with two attached hydrogens (primary N) is 1. The van der Waals surface area contributed by atoms with Crippen LogP contribution >= 0.6 is 23.2 Å². The van der Waals surface area contributed by atoms with E-state index in [4.69, 9.17) is 28.9 Å². The molecule has 0 aliphatic heterocycles. The molecule has 3 N–H and O–H groups in total. The highest BCUT2D eigenvalue weighted by molar-refractivity contribution is 6.42. The second-order valence-electron chi connectivity index (χ2n) is 6.83. The predicted octanol–water partition coefficient (Wildman–Crippen LogP) is 2.94. The van der Waals surface area contributed by atoms with Crippen LogP contribution in [0.1, 0.15) is 21.7 Å². The van der Waals surface area contributed by atoms with E-state index in [1.54, 1.807) is 18.2 Å². The molecule has 0 aliphatic rings. The lowest BCUT2D eigenvalue weighted by molar-refractivity contribution is 0.0949. The fraction of sp³-hybridized carbons (Fsp3) is 0.100. The molecular weight excluding hydrogens is 469 g/mol. The smallest absolute Gasteiger partial charge is 0.293 e. The average Bonchev–Trinajstić information content (AvgIpc) is 3.42. The van der Waals surface area contributed by atoms with Crippen LogP contribution in [0.3, 0.4) is 0 Å². The summed E-state index contributed by atoms with van der Waals surface area (Å²) in [6.45, 7) is 0.253. The number of hydrogen-bond acceptors (Lipinski definition) is 9. The van der Waals surface area contributed by atoms with Crippen molar-refractivity contribution in [2.75, 3.05) is 17.7 Å². The van der Waals surface area contributed by atoms with Crippen LogP contribution < -0.4 is 16.1 Å². The van der Waals surface area contributed by atoms with Crippen LogP contribution in [0.25, 0.3) is 5.82 Å². The highest BCUT2D eigenvalue weighted by Gasteiger charge is 2.25. The quantitative estimate of drug-likeness (QED) is 0.300. The van der Waals surface area contributed by atoms with Crippen LogP contribution in [0.2, 0.25) is 10.0 Å². The maximum absolute atomic E-state index is 12.9. The van der Waals surface area contributed by atoms with Crippen molar-refractivity contribution in [2.45, 2.75) is 6.54 Å². The number of nitrogens with one attached hydrogen (secondary N) is 1. The van der Waals surface area contributed by atoms with E-state index in [9.17, 15) is 4.79 Å². The van der Waals surface area contributed by atoms with Crippen molar-refractivity contribution < 1.29 is 9.42 Å². The molecule has 0 atom stereocenters. The first-order valence-corrected chi connectivity index (χ1v) is 10.3. The van der Waals surface area contributed by atoms with Gasteiger partial charge in [0.1, 0.15) is 0 Å². The van der Waals surface area contributed by atoms with Gasteiger partial charge in [-0.3, -0.25) is 4.79 Å². The number of anilines is 2. The fourth-order valence-corrected chi connectivity index (χ4v) is 3.24. The van der Waals surface area contributed by atoms with E-state index in [0.717, 1.165) is 5.69 Å². The lowest BCUT2D eigenvalue weighted by Crippen LogP contribution is -2.24. The average molecular weight is 486 g/mol. The Hall–Kier alpha value is -3.96. The van der Waals surface area contributed by atoms with Crippen LogP contribution in [0.4, 0.5) is 11.5 Å². The summed E-state index contributed by atoms with van der Waals surface area (Å²) in [7, 11) is 1.86. The van der Waals surface area contributed by atoms with Crippen LogP contribution in [-0.4, -0.2) is 44.5 Å². The van der Waals surface area contributed by atoms with Gasteiger partial charge in [0.15, 0.2) is 5.69 Å². The highest BCUT2D eigenvalue weighted by Crippen LogP contribution is 2.22. The summed E-state index contributed by atoms with van der Waals surface area (Å²) in [5.74, 6) is -0.450. The van der Waals surface area contributed by atoms with E-state index < -0.39 is 5.91 Å². The molecule has 0 aliphatic carbocycles. The number of nitrogens with zero attached hydrogens (tertiary/aromatic N) is 7. The SMILES string of the molecule is CN(Cc1c(C(=O)NN=Cc2ccc(Cl)c(Cl)c2)nnn1-c1nonc1N)c1ccccc1. The lowest BCUT2D eigenvalue weighted by Gasteiger charge is -2.19. The van der Waals surface area contributed by atoms with Crippen LogP contribution in [0.15, 0.2) is 58.3 Å². The third-order valence-electron chi connectivity index (χ3n) is 4.58. The van der Waals surface area contributed by atoms with Crippen LogP contribution in [0, 0.1) is 0 Å². The Labute approximate surface area is 197 Å². The van der Waals surface area contributed by atoms with E-state index in [0.29, 0.717) is 21.3 Å². The maximum Gasteiger partial charge on any atom is 0.293 e. The molecule has 0 unspecified atom stereocenters. The zero-order valence-electron chi connectivity index (χ0n) is 17.2. The van der Waals surface area contributed by atoms with Gasteiger partial charge in [0.05, 0.1) is 28.5 Å². The number of aromatic nitrogens is 5. The molecule has 0 radical (unpaired) electrons. The predicted molar refractivity (Wildman–Crippen MR) is 124 cm³/mol. The van der Waals surface area contributed by atoms with E-state index >= 15 is 0 Å². The minimum atomic E-state index is -0.580. The number of carbonyl (C=O) groups is 1. The van der Waals surface area contributed by atoms with Crippen molar-refractivity contribution in [2.24, 2.45) is 5.10 Å². The van der Waals surface area contributed by atoms with Gasteiger partial charge in [0.25, 0.3) is 5.91 Å². The number of carbonyl (C=O) groups excluding carboxylic acids is 1. The maximum atomic E-state index is 12.9. The summed E-state index contributed by atoms with van der Waals surface area (Å²) < 4.78 is 5.98. The molecule has 2 aromatic heterocycles. The molecule has 0 saturated heterocycles. The Kier molecular flexibility index (Phi) is 6.52. The number of halogens is 2. The van der Waals surface area contributed by atoms with E-state index in [1.807, 2.05) is 42.3 Å². The molecule has 13 heteroatoms. The Balaban J connectivity index is 1.60. The lowest BCUT2D eigenvalue weighted by atomic mass is 10.2. The molecule has 0 fully saturated rings. The number of hydrazone groups is 1. The Morgan fingerprint density at radius 3 is 2.70 bits per heavy atom. The Morgan fingerprint density at radius 1 is 1.21 bits per heavy atom. The number of rotatable bonds is 7. The minimum Gasteiger partial charge on any atom is -0.378 e. The first-order chi connectivity index (χ1) is 15.9.